The number of aliphatic hydroxyl groups excluding tert-OH is 1. The maximum absolute atomic E-state index is 13.5. The Morgan fingerprint density at radius 2 is 1.76 bits per heavy atom. The predicted octanol–water partition coefficient (Wildman–Crippen LogP) is 6.34. The van der Waals surface area contributed by atoms with Gasteiger partial charge in [0.05, 0.1) is 35.0 Å². The van der Waals surface area contributed by atoms with Crippen molar-refractivity contribution in [2.45, 2.75) is 39.8 Å². The summed E-state index contributed by atoms with van der Waals surface area (Å²) in [7, 11) is 1.57. The Kier molecular flexibility index (Phi) is 6.67. The lowest BCUT2D eigenvalue weighted by Crippen LogP contribution is -2.29. The summed E-state index contributed by atoms with van der Waals surface area (Å²) in [5.41, 5.74) is 3.68. The van der Waals surface area contributed by atoms with Gasteiger partial charge in [-0.25, -0.2) is 4.98 Å². The van der Waals surface area contributed by atoms with Gasteiger partial charge >= 0.3 is 5.91 Å². The molecule has 1 aromatic heterocycles. The Labute approximate surface area is 225 Å². The van der Waals surface area contributed by atoms with Gasteiger partial charge in [-0.1, -0.05) is 29.5 Å². The minimum absolute atomic E-state index is 0.00370. The topological polar surface area (TPSA) is 89.0 Å². The van der Waals surface area contributed by atoms with Crippen molar-refractivity contribution >= 4 is 44.1 Å². The van der Waals surface area contributed by atoms with Crippen LogP contribution in [0.25, 0.3) is 16.0 Å². The molecular formula is C30H28N2O5S. The van der Waals surface area contributed by atoms with E-state index in [-0.39, 0.29) is 17.4 Å². The smallest absolute Gasteiger partial charge is 0.301 e. The largest absolute Gasteiger partial charge is 0.507 e. The molecule has 1 aliphatic rings. The summed E-state index contributed by atoms with van der Waals surface area (Å²) >= 11 is 1.34. The van der Waals surface area contributed by atoms with Crippen LogP contribution in [0.4, 0.5) is 5.13 Å². The molecule has 1 aliphatic heterocycles. The average molecular weight is 529 g/mol. The molecule has 0 unspecified atom stereocenters. The van der Waals surface area contributed by atoms with E-state index in [4.69, 9.17) is 9.47 Å². The van der Waals surface area contributed by atoms with Crippen LogP contribution in [0.2, 0.25) is 0 Å². The standard InChI is InChI=1S/C30H28N2O5S/c1-16(2)37-21-10-7-19(8-11-21)26-25(27(33)20-9-13-23(36-5)18(4)15-20)28(34)29(35)32(26)30-31-22-12-6-17(3)14-24(22)38-30/h6-16,26,33H,1-5H3/b27-25+/t26-/m1/s1. The number of amides is 1. The number of carbonyl (C=O) groups excluding carboxylic acids is 2. The quantitative estimate of drug-likeness (QED) is 0.179. The number of aromatic nitrogens is 1. The zero-order valence-corrected chi connectivity index (χ0v) is 22.6. The van der Waals surface area contributed by atoms with Gasteiger partial charge in [-0.3, -0.25) is 14.5 Å². The molecule has 2 heterocycles. The van der Waals surface area contributed by atoms with E-state index >= 15 is 0 Å². The summed E-state index contributed by atoms with van der Waals surface area (Å²) < 4.78 is 12.0. The second-order valence-electron chi connectivity index (χ2n) is 9.56. The van der Waals surface area contributed by atoms with Crippen molar-refractivity contribution < 1.29 is 24.2 Å². The number of fused-ring (bicyclic) bond motifs is 1. The van der Waals surface area contributed by atoms with Gasteiger partial charge in [-0.2, -0.15) is 0 Å². The first-order valence-corrected chi connectivity index (χ1v) is 13.1. The predicted molar refractivity (Wildman–Crippen MR) is 149 cm³/mol. The molecule has 0 spiro atoms. The van der Waals surface area contributed by atoms with Gasteiger partial charge in [0, 0.05) is 5.56 Å². The van der Waals surface area contributed by atoms with E-state index in [0.29, 0.717) is 27.8 Å². The number of aryl methyl sites for hydroxylation is 2. The third-order valence-electron chi connectivity index (χ3n) is 6.42. The van der Waals surface area contributed by atoms with Crippen molar-refractivity contribution in [3.05, 3.63) is 88.5 Å². The first-order valence-electron chi connectivity index (χ1n) is 12.3. The summed E-state index contributed by atoms with van der Waals surface area (Å²) in [5.74, 6) is -0.425. The molecule has 1 N–H and O–H groups in total. The van der Waals surface area contributed by atoms with Crippen molar-refractivity contribution in [1.82, 2.24) is 4.98 Å². The van der Waals surface area contributed by atoms with Crippen LogP contribution in [-0.2, 0) is 9.59 Å². The van der Waals surface area contributed by atoms with E-state index in [1.807, 2.05) is 58.0 Å². The third-order valence-corrected chi connectivity index (χ3v) is 7.44. The van der Waals surface area contributed by atoms with E-state index in [1.54, 1.807) is 37.4 Å². The number of ether oxygens (including phenoxy) is 2. The van der Waals surface area contributed by atoms with Crippen LogP contribution in [-0.4, -0.2) is 35.0 Å². The first kappa shape index (κ1) is 25.5. The number of anilines is 1. The summed E-state index contributed by atoms with van der Waals surface area (Å²) in [6.45, 7) is 7.72. The lowest BCUT2D eigenvalue weighted by atomic mass is 9.95. The molecule has 3 aromatic carbocycles. The first-order chi connectivity index (χ1) is 18.2. The van der Waals surface area contributed by atoms with Gasteiger partial charge in [0.15, 0.2) is 5.13 Å². The summed E-state index contributed by atoms with van der Waals surface area (Å²) in [6.07, 6.45) is -0.00370. The molecule has 4 aromatic rings. The zero-order valence-electron chi connectivity index (χ0n) is 21.8. The number of aliphatic hydroxyl groups is 1. The van der Waals surface area contributed by atoms with Crippen LogP contribution < -0.4 is 14.4 Å². The Balaban J connectivity index is 1.69. The fraction of sp³-hybridized carbons (Fsp3) is 0.233. The molecule has 1 fully saturated rings. The minimum atomic E-state index is -0.868. The highest BCUT2D eigenvalue weighted by Gasteiger charge is 2.48. The number of nitrogens with zero attached hydrogens (tertiary/aromatic N) is 2. The average Bonchev–Trinajstić information content (AvgIpc) is 3.41. The lowest BCUT2D eigenvalue weighted by Gasteiger charge is -2.23. The fourth-order valence-corrected chi connectivity index (χ4v) is 5.74. The molecule has 0 saturated carbocycles. The number of hydrogen-bond acceptors (Lipinski definition) is 7. The Bertz CT molecular complexity index is 1590. The maximum Gasteiger partial charge on any atom is 0.301 e. The van der Waals surface area contributed by atoms with Gasteiger partial charge in [-0.15, -0.1) is 0 Å². The Hall–Kier alpha value is -4.17. The third kappa shape index (κ3) is 4.52. The number of Topliss-reactive ketones (excluding diaryl/α,β-unsaturated/α-hetero) is 1. The Morgan fingerprint density at radius 1 is 1.03 bits per heavy atom. The van der Waals surface area contributed by atoms with Crippen LogP contribution in [0.3, 0.4) is 0 Å². The van der Waals surface area contributed by atoms with Gasteiger partial charge in [0.2, 0.25) is 0 Å². The van der Waals surface area contributed by atoms with Gasteiger partial charge in [0.25, 0.3) is 5.78 Å². The van der Waals surface area contributed by atoms with E-state index in [2.05, 4.69) is 4.98 Å². The zero-order chi connectivity index (χ0) is 27.1. The highest BCUT2D eigenvalue weighted by atomic mass is 32.1. The number of carbonyl (C=O) groups is 2. The molecule has 0 aliphatic carbocycles. The van der Waals surface area contributed by atoms with Crippen molar-refractivity contribution in [2.75, 3.05) is 12.0 Å². The monoisotopic (exact) mass is 528 g/mol. The molecule has 7 nitrogen and oxygen atoms in total. The van der Waals surface area contributed by atoms with Crippen LogP contribution >= 0.6 is 11.3 Å². The van der Waals surface area contributed by atoms with E-state index < -0.39 is 17.7 Å². The molecule has 1 atom stereocenters. The van der Waals surface area contributed by atoms with Gasteiger partial charge < -0.3 is 14.6 Å². The van der Waals surface area contributed by atoms with Crippen molar-refractivity contribution in [3.8, 4) is 11.5 Å². The second kappa shape index (κ2) is 9.95. The number of methoxy groups -OCH3 is 1. The van der Waals surface area contributed by atoms with E-state index in [0.717, 1.165) is 21.3 Å². The van der Waals surface area contributed by atoms with Crippen LogP contribution in [0.5, 0.6) is 11.5 Å². The molecule has 0 bridgehead atoms. The number of thiazole rings is 1. The number of hydrogen-bond donors (Lipinski definition) is 1. The van der Waals surface area contributed by atoms with E-state index in [1.165, 1.54) is 16.2 Å². The molecule has 5 rings (SSSR count). The molecular weight excluding hydrogens is 500 g/mol. The number of rotatable bonds is 6. The fourth-order valence-electron chi connectivity index (χ4n) is 4.65. The lowest BCUT2D eigenvalue weighted by molar-refractivity contribution is -0.132. The summed E-state index contributed by atoms with van der Waals surface area (Å²) in [4.78, 5) is 33.1. The molecule has 1 amide bonds. The normalized spacial score (nSPS) is 17.0. The van der Waals surface area contributed by atoms with Crippen molar-refractivity contribution in [3.63, 3.8) is 0 Å². The van der Waals surface area contributed by atoms with Crippen LogP contribution in [0.15, 0.2) is 66.2 Å². The summed E-state index contributed by atoms with van der Waals surface area (Å²) in [5, 5.41) is 11.8. The van der Waals surface area contributed by atoms with Gasteiger partial charge in [-0.05, 0) is 86.8 Å². The Morgan fingerprint density at radius 3 is 2.42 bits per heavy atom. The van der Waals surface area contributed by atoms with Crippen LogP contribution in [0, 0.1) is 13.8 Å². The van der Waals surface area contributed by atoms with Gasteiger partial charge in [0.1, 0.15) is 17.3 Å². The minimum Gasteiger partial charge on any atom is -0.507 e. The van der Waals surface area contributed by atoms with Crippen molar-refractivity contribution in [2.24, 2.45) is 0 Å². The molecule has 194 valence electrons. The molecule has 1 saturated heterocycles. The summed E-state index contributed by atoms with van der Waals surface area (Å²) in [6, 6.07) is 17.3. The highest BCUT2D eigenvalue weighted by Crippen LogP contribution is 2.45. The molecule has 8 heteroatoms. The van der Waals surface area contributed by atoms with Crippen molar-refractivity contribution in [1.29, 1.82) is 0 Å². The van der Waals surface area contributed by atoms with E-state index in [9.17, 15) is 14.7 Å². The highest BCUT2D eigenvalue weighted by molar-refractivity contribution is 7.22. The molecule has 0 radical (unpaired) electrons. The SMILES string of the molecule is COc1ccc(/C(O)=C2\C(=O)C(=O)N(c3nc4ccc(C)cc4s3)[C@@H]2c2ccc(OC(C)C)cc2)cc1C. The number of benzene rings is 3. The molecule has 38 heavy (non-hydrogen) atoms. The maximum atomic E-state index is 13.5. The van der Waals surface area contributed by atoms with Crippen LogP contribution in [0.1, 0.15) is 42.1 Å². The number of ketones is 1. The second-order valence-corrected chi connectivity index (χ2v) is 10.6.